The standard InChI is InChI=1S/C23H22N8O4/c1-24-20-17-21(30(11-25-17)22-19(34)18(33)16(10-32)35-22)29-23(28-20)31-9-13(8-26-31)15-7-6-12-4-2-3-5-14(12)27-15/h2-9,11,16,18-19,22,32-34H,10H2,1H3,(H,24,28,29)/t16-,18-,19-,22?/m1/s1. The normalized spacial score (nSPS) is 22.3. The van der Waals surface area contributed by atoms with Gasteiger partial charge in [0.05, 0.1) is 30.3 Å². The topological polar surface area (TPSA) is 156 Å². The quantitative estimate of drug-likeness (QED) is 0.288. The zero-order chi connectivity index (χ0) is 24.1. The molecule has 0 amide bonds. The van der Waals surface area contributed by atoms with Crippen molar-refractivity contribution in [2.45, 2.75) is 24.5 Å². The minimum Gasteiger partial charge on any atom is -0.394 e. The lowest BCUT2D eigenvalue weighted by Crippen LogP contribution is -2.33. The van der Waals surface area contributed by atoms with Gasteiger partial charge in [-0.05, 0) is 12.1 Å². The van der Waals surface area contributed by atoms with Crippen molar-refractivity contribution in [2.24, 2.45) is 0 Å². The molecule has 0 spiro atoms. The molecule has 1 fully saturated rings. The third kappa shape index (κ3) is 3.51. The summed E-state index contributed by atoms with van der Waals surface area (Å²) in [6.07, 6.45) is 0.526. The number of aromatic nitrogens is 7. The van der Waals surface area contributed by atoms with Crippen LogP contribution in [0.4, 0.5) is 5.82 Å². The number of pyridine rings is 1. The highest BCUT2D eigenvalue weighted by molar-refractivity contribution is 5.84. The van der Waals surface area contributed by atoms with Gasteiger partial charge in [-0.3, -0.25) is 4.57 Å². The lowest BCUT2D eigenvalue weighted by molar-refractivity contribution is -0.0511. The van der Waals surface area contributed by atoms with E-state index in [4.69, 9.17) is 9.72 Å². The Hall–Kier alpha value is -3.97. The molecular formula is C23H22N8O4. The highest BCUT2D eigenvalue weighted by atomic mass is 16.6. The number of ether oxygens (including phenoxy) is 1. The molecule has 1 saturated heterocycles. The van der Waals surface area contributed by atoms with E-state index in [1.165, 1.54) is 15.6 Å². The molecule has 4 N–H and O–H groups in total. The fraction of sp³-hybridized carbons (Fsp3) is 0.261. The van der Waals surface area contributed by atoms with Gasteiger partial charge in [0.25, 0.3) is 5.95 Å². The first kappa shape index (κ1) is 21.6. The molecule has 1 unspecified atom stereocenters. The van der Waals surface area contributed by atoms with Crippen molar-refractivity contribution in [3.05, 3.63) is 55.1 Å². The second-order valence-electron chi connectivity index (χ2n) is 8.24. The Kier molecular flexibility index (Phi) is 5.15. The first-order chi connectivity index (χ1) is 17.1. The van der Waals surface area contributed by atoms with Crippen molar-refractivity contribution in [2.75, 3.05) is 19.0 Å². The van der Waals surface area contributed by atoms with Gasteiger partial charge >= 0.3 is 0 Å². The van der Waals surface area contributed by atoms with Gasteiger partial charge in [0.15, 0.2) is 23.2 Å². The van der Waals surface area contributed by atoms with Crippen LogP contribution in [0.3, 0.4) is 0 Å². The zero-order valence-corrected chi connectivity index (χ0v) is 18.6. The Morgan fingerprint density at radius 1 is 1.06 bits per heavy atom. The van der Waals surface area contributed by atoms with E-state index in [0.717, 1.165) is 22.2 Å². The van der Waals surface area contributed by atoms with Crippen LogP contribution in [0.5, 0.6) is 0 Å². The number of aliphatic hydroxyl groups is 3. The smallest absolute Gasteiger partial charge is 0.254 e. The molecule has 6 rings (SSSR count). The number of rotatable bonds is 5. The van der Waals surface area contributed by atoms with Crippen molar-refractivity contribution in [3.8, 4) is 17.2 Å². The van der Waals surface area contributed by atoms with Crippen LogP contribution in [0.25, 0.3) is 39.3 Å². The monoisotopic (exact) mass is 474 g/mol. The zero-order valence-electron chi connectivity index (χ0n) is 18.6. The van der Waals surface area contributed by atoms with Gasteiger partial charge in [0.1, 0.15) is 18.3 Å². The third-order valence-electron chi connectivity index (χ3n) is 6.12. The van der Waals surface area contributed by atoms with Crippen molar-refractivity contribution in [1.82, 2.24) is 34.3 Å². The Morgan fingerprint density at radius 2 is 1.91 bits per heavy atom. The Balaban J connectivity index is 1.41. The molecule has 4 aromatic heterocycles. The van der Waals surface area contributed by atoms with Gasteiger partial charge < -0.3 is 25.4 Å². The predicted molar refractivity (Wildman–Crippen MR) is 126 cm³/mol. The van der Waals surface area contributed by atoms with Crippen molar-refractivity contribution in [3.63, 3.8) is 0 Å². The summed E-state index contributed by atoms with van der Waals surface area (Å²) in [7, 11) is 1.71. The number of nitrogens with one attached hydrogen (secondary N) is 1. The SMILES string of the molecule is CNc1nc(-n2cc(-c3ccc4ccccc4n3)cn2)nc2c1ncn2C1O[C@H](CO)[C@@H](O)[C@H]1O. The molecule has 0 saturated carbocycles. The van der Waals surface area contributed by atoms with E-state index in [0.29, 0.717) is 17.0 Å². The molecule has 0 radical (unpaired) electrons. The van der Waals surface area contributed by atoms with Crippen LogP contribution in [-0.2, 0) is 4.74 Å². The number of fused-ring (bicyclic) bond motifs is 2. The molecular weight excluding hydrogens is 452 g/mol. The molecule has 0 aliphatic carbocycles. The Bertz CT molecular complexity index is 1530. The molecule has 35 heavy (non-hydrogen) atoms. The van der Waals surface area contributed by atoms with E-state index >= 15 is 0 Å². The summed E-state index contributed by atoms with van der Waals surface area (Å²) in [5.41, 5.74) is 3.27. The number of imidazole rings is 1. The molecule has 1 aromatic carbocycles. The van der Waals surface area contributed by atoms with Gasteiger partial charge in [0.2, 0.25) is 0 Å². The number of hydrogen-bond donors (Lipinski definition) is 4. The fourth-order valence-corrected chi connectivity index (χ4v) is 4.27. The number of hydrogen-bond acceptors (Lipinski definition) is 10. The van der Waals surface area contributed by atoms with Gasteiger partial charge in [-0.15, -0.1) is 0 Å². The molecule has 1 aliphatic heterocycles. The molecule has 0 bridgehead atoms. The van der Waals surface area contributed by atoms with Crippen LogP contribution in [-0.4, -0.2) is 81.6 Å². The van der Waals surface area contributed by atoms with Gasteiger partial charge in [-0.1, -0.05) is 24.3 Å². The first-order valence-corrected chi connectivity index (χ1v) is 11.0. The van der Waals surface area contributed by atoms with E-state index in [1.54, 1.807) is 19.4 Å². The minimum absolute atomic E-state index is 0.266. The van der Waals surface area contributed by atoms with E-state index in [9.17, 15) is 15.3 Å². The van der Waals surface area contributed by atoms with Crippen LogP contribution < -0.4 is 5.32 Å². The molecule has 4 atom stereocenters. The maximum absolute atomic E-state index is 10.5. The second kappa shape index (κ2) is 8.36. The molecule has 1 aliphatic rings. The molecule has 12 nitrogen and oxygen atoms in total. The maximum Gasteiger partial charge on any atom is 0.254 e. The number of para-hydroxylation sites is 1. The Labute approximate surface area is 198 Å². The highest BCUT2D eigenvalue weighted by Crippen LogP contribution is 2.32. The molecule has 5 heterocycles. The largest absolute Gasteiger partial charge is 0.394 e. The van der Waals surface area contributed by atoms with Gasteiger partial charge in [-0.2, -0.15) is 15.1 Å². The third-order valence-corrected chi connectivity index (χ3v) is 6.12. The predicted octanol–water partition coefficient (Wildman–Crippen LogP) is 0.880. The summed E-state index contributed by atoms with van der Waals surface area (Å²) in [4.78, 5) is 18.2. The summed E-state index contributed by atoms with van der Waals surface area (Å²) in [6.45, 7) is -0.428. The van der Waals surface area contributed by atoms with E-state index < -0.39 is 31.1 Å². The highest BCUT2D eigenvalue weighted by Gasteiger charge is 2.44. The number of benzene rings is 1. The summed E-state index contributed by atoms with van der Waals surface area (Å²) in [5, 5.41) is 38.6. The lowest BCUT2D eigenvalue weighted by Gasteiger charge is -2.17. The Morgan fingerprint density at radius 3 is 2.71 bits per heavy atom. The van der Waals surface area contributed by atoms with Crippen LogP contribution in [0.1, 0.15) is 6.23 Å². The van der Waals surface area contributed by atoms with E-state index in [1.807, 2.05) is 36.4 Å². The van der Waals surface area contributed by atoms with Crippen molar-refractivity contribution < 1.29 is 20.1 Å². The lowest BCUT2D eigenvalue weighted by atomic mass is 10.1. The molecule has 5 aromatic rings. The summed E-state index contributed by atoms with van der Waals surface area (Å²) in [5.74, 6) is 0.721. The number of nitrogens with zero attached hydrogens (tertiary/aromatic N) is 7. The van der Waals surface area contributed by atoms with Crippen LogP contribution >= 0.6 is 0 Å². The summed E-state index contributed by atoms with van der Waals surface area (Å²) in [6, 6.07) is 11.8. The van der Waals surface area contributed by atoms with Crippen LogP contribution in [0.15, 0.2) is 55.1 Å². The summed E-state index contributed by atoms with van der Waals surface area (Å²) < 4.78 is 8.71. The maximum atomic E-state index is 10.5. The van der Waals surface area contributed by atoms with Crippen LogP contribution in [0, 0.1) is 0 Å². The number of anilines is 1. The van der Waals surface area contributed by atoms with Crippen molar-refractivity contribution >= 4 is 27.9 Å². The fourth-order valence-electron chi connectivity index (χ4n) is 4.27. The van der Waals surface area contributed by atoms with Crippen LogP contribution in [0.2, 0.25) is 0 Å². The van der Waals surface area contributed by atoms with Gasteiger partial charge in [0, 0.05) is 24.2 Å². The molecule has 178 valence electrons. The average Bonchev–Trinajstić information content (AvgIpc) is 3.61. The average molecular weight is 474 g/mol. The van der Waals surface area contributed by atoms with E-state index in [-0.39, 0.29) is 5.95 Å². The van der Waals surface area contributed by atoms with E-state index in [2.05, 4.69) is 25.4 Å². The second-order valence-corrected chi connectivity index (χ2v) is 8.24. The number of aliphatic hydroxyl groups excluding tert-OH is 3. The molecule has 12 heteroatoms. The van der Waals surface area contributed by atoms with Crippen molar-refractivity contribution in [1.29, 1.82) is 0 Å². The minimum atomic E-state index is -1.27. The summed E-state index contributed by atoms with van der Waals surface area (Å²) >= 11 is 0. The first-order valence-electron chi connectivity index (χ1n) is 11.0. The van der Waals surface area contributed by atoms with Gasteiger partial charge in [-0.25, -0.2) is 14.6 Å².